The van der Waals surface area contributed by atoms with Crippen LogP contribution in [0.4, 0.5) is 5.95 Å². The smallest absolute Gasteiger partial charge is 0.336 e. The van der Waals surface area contributed by atoms with E-state index in [1.54, 1.807) is 19.1 Å². The maximum Gasteiger partial charge on any atom is 0.336 e. The summed E-state index contributed by atoms with van der Waals surface area (Å²) < 4.78 is 5.26. The lowest BCUT2D eigenvalue weighted by Crippen LogP contribution is -2.02. The molecule has 6 nitrogen and oxygen atoms in total. The van der Waals surface area contributed by atoms with Crippen LogP contribution in [0.5, 0.6) is 5.75 Å². The Bertz CT molecular complexity index is 932. The van der Waals surface area contributed by atoms with Gasteiger partial charge in [-0.05, 0) is 31.0 Å². The Morgan fingerprint density at radius 3 is 2.82 bits per heavy atom. The number of hydrogen-bond acceptors (Lipinski definition) is 6. The lowest BCUT2D eigenvalue weighted by Gasteiger charge is -2.11. The Kier molecular flexibility index (Phi) is 3.29. The van der Waals surface area contributed by atoms with Crippen LogP contribution in [0.15, 0.2) is 33.6 Å². The number of hydrogen-bond donors (Lipinski definition) is 2. The molecule has 0 aliphatic heterocycles. The fourth-order valence-corrected chi connectivity index (χ4v) is 2.52. The summed E-state index contributed by atoms with van der Waals surface area (Å²) in [6.07, 6.45) is 2.21. The predicted octanol–water partition coefficient (Wildman–Crippen LogP) is 2.41. The summed E-state index contributed by atoms with van der Waals surface area (Å²) in [6.45, 7) is 3.66. The van der Waals surface area contributed by atoms with Crippen LogP contribution >= 0.6 is 0 Å². The molecule has 0 saturated carbocycles. The third kappa shape index (κ3) is 2.18. The zero-order valence-corrected chi connectivity index (χ0v) is 12.3. The molecule has 2 heterocycles. The molecule has 3 rings (SSSR count). The maximum atomic E-state index is 11.6. The summed E-state index contributed by atoms with van der Waals surface area (Å²) in [7, 11) is 0. The lowest BCUT2D eigenvalue weighted by atomic mass is 9.99. The van der Waals surface area contributed by atoms with E-state index >= 15 is 0 Å². The highest BCUT2D eigenvalue weighted by molar-refractivity contribution is 5.91. The molecule has 22 heavy (non-hydrogen) atoms. The predicted molar refractivity (Wildman–Crippen MR) is 83.7 cm³/mol. The van der Waals surface area contributed by atoms with Gasteiger partial charge in [-0.2, -0.15) is 0 Å². The number of rotatable bonds is 2. The van der Waals surface area contributed by atoms with Crippen molar-refractivity contribution in [3.05, 3.63) is 45.9 Å². The third-order valence-electron chi connectivity index (χ3n) is 3.66. The number of aromatic nitrogens is 2. The normalized spacial score (nSPS) is 11.0. The van der Waals surface area contributed by atoms with Gasteiger partial charge < -0.3 is 15.3 Å². The van der Waals surface area contributed by atoms with E-state index < -0.39 is 5.63 Å². The number of aryl methyl sites for hydroxylation is 2. The number of nitrogen functional groups attached to an aromatic ring is 1. The standard InChI is InChI=1S/C16H15N3O3/c1-3-9-6-13(20)22-15-8(2)14(21)11(7-10(9)15)12-4-5-18-16(17)19-12/h4-7,21H,3H2,1-2H3,(H2,17,18,19). The first-order chi connectivity index (χ1) is 10.5. The van der Waals surface area contributed by atoms with Gasteiger partial charge >= 0.3 is 5.63 Å². The minimum absolute atomic E-state index is 0.0157. The fourth-order valence-electron chi connectivity index (χ4n) is 2.52. The van der Waals surface area contributed by atoms with Gasteiger partial charge in [0.25, 0.3) is 0 Å². The first-order valence-electron chi connectivity index (χ1n) is 6.89. The second kappa shape index (κ2) is 5.14. The van der Waals surface area contributed by atoms with E-state index in [1.165, 1.54) is 12.3 Å². The lowest BCUT2D eigenvalue weighted by molar-refractivity contribution is 0.470. The number of phenolic OH excluding ortho intramolecular Hbond substituents is 1. The van der Waals surface area contributed by atoms with Crippen molar-refractivity contribution in [3.8, 4) is 17.0 Å². The van der Waals surface area contributed by atoms with Crippen molar-refractivity contribution >= 4 is 16.9 Å². The van der Waals surface area contributed by atoms with Crippen molar-refractivity contribution < 1.29 is 9.52 Å². The molecule has 112 valence electrons. The molecule has 3 aromatic rings. The molecule has 0 atom stereocenters. The second-order valence-corrected chi connectivity index (χ2v) is 5.02. The van der Waals surface area contributed by atoms with Gasteiger partial charge in [-0.1, -0.05) is 6.92 Å². The number of aromatic hydroxyl groups is 1. The van der Waals surface area contributed by atoms with Gasteiger partial charge in [0.2, 0.25) is 5.95 Å². The minimum Gasteiger partial charge on any atom is -0.507 e. The van der Waals surface area contributed by atoms with Crippen LogP contribution in [-0.2, 0) is 6.42 Å². The summed E-state index contributed by atoms with van der Waals surface area (Å²) in [6, 6.07) is 4.90. The van der Waals surface area contributed by atoms with E-state index in [2.05, 4.69) is 9.97 Å². The van der Waals surface area contributed by atoms with Crippen LogP contribution in [0.25, 0.3) is 22.2 Å². The molecular formula is C16H15N3O3. The van der Waals surface area contributed by atoms with Crippen molar-refractivity contribution in [2.24, 2.45) is 0 Å². The van der Waals surface area contributed by atoms with Gasteiger partial charge in [-0.25, -0.2) is 14.8 Å². The maximum absolute atomic E-state index is 11.6. The summed E-state index contributed by atoms with van der Waals surface area (Å²) in [4.78, 5) is 19.6. The summed E-state index contributed by atoms with van der Waals surface area (Å²) >= 11 is 0. The van der Waals surface area contributed by atoms with Gasteiger partial charge in [-0.15, -0.1) is 0 Å². The number of phenols is 1. The number of nitrogens with two attached hydrogens (primary N) is 1. The fraction of sp³-hybridized carbons (Fsp3) is 0.188. The molecule has 0 radical (unpaired) electrons. The topological polar surface area (TPSA) is 102 Å². The summed E-state index contributed by atoms with van der Waals surface area (Å²) in [5.74, 6) is 0.145. The number of anilines is 1. The van der Waals surface area contributed by atoms with E-state index in [-0.39, 0.29) is 11.7 Å². The Balaban J connectivity index is 2.40. The van der Waals surface area contributed by atoms with Gasteiger partial charge in [0, 0.05) is 28.8 Å². The van der Waals surface area contributed by atoms with Crippen molar-refractivity contribution in [2.45, 2.75) is 20.3 Å². The van der Waals surface area contributed by atoms with E-state index in [0.29, 0.717) is 28.8 Å². The Labute approximate surface area is 126 Å². The molecular weight excluding hydrogens is 282 g/mol. The molecule has 0 fully saturated rings. The molecule has 0 saturated heterocycles. The van der Waals surface area contributed by atoms with Gasteiger partial charge in [0.1, 0.15) is 11.3 Å². The highest BCUT2D eigenvalue weighted by atomic mass is 16.4. The third-order valence-corrected chi connectivity index (χ3v) is 3.66. The van der Waals surface area contributed by atoms with Crippen LogP contribution < -0.4 is 11.4 Å². The van der Waals surface area contributed by atoms with Crippen LogP contribution in [0.1, 0.15) is 18.1 Å². The van der Waals surface area contributed by atoms with Crippen LogP contribution in [0, 0.1) is 6.92 Å². The van der Waals surface area contributed by atoms with Crippen molar-refractivity contribution in [2.75, 3.05) is 5.73 Å². The molecule has 0 aliphatic rings. The number of benzene rings is 1. The van der Waals surface area contributed by atoms with Gasteiger partial charge in [0.05, 0.1) is 5.69 Å². The molecule has 1 aromatic carbocycles. The second-order valence-electron chi connectivity index (χ2n) is 5.02. The van der Waals surface area contributed by atoms with E-state index in [9.17, 15) is 9.90 Å². The Morgan fingerprint density at radius 2 is 2.14 bits per heavy atom. The van der Waals surface area contributed by atoms with E-state index in [0.717, 1.165) is 10.9 Å². The van der Waals surface area contributed by atoms with Crippen LogP contribution in [0.2, 0.25) is 0 Å². The van der Waals surface area contributed by atoms with Crippen LogP contribution in [0.3, 0.4) is 0 Å². The molecule has 0 bridgehead atoms. The molecule has 0 spiro atoms. The van der Waals surface area contributed by atoms with Gasteiger partial charge in [-0.3, -0.25) is 0 Å². The van der Waals surface area contributed by atoms with Crippen molar-refractivity contribution in [1.82, 2.24) is 9.97 Å². The zero-order chi connectivity index (χ0) is 15.9. The van der Waals surface area contributed by atoms with Gasteiger partial charge in [0.15, 0.2) is 0 Å². The van der Waals surface area contributed by atoms with E-state index in [4.69, 9.17) is 10.2 Å². The van der Waals surface area contributed by atoms with Crippen molar-refractivity contribution in [3.63, 3.8) is 0 Å². The SMILES string of the molecule is CCc1cc(=O)oc2c(C)c(O)c(-c3ccnc(N)n3)cc12. The minimum atomic E-state index is -0.425. The highest BCUT2D eigenvalue weighted by Gasteiger charge is 2.16. The average Bonchev–Trinajstić information content (AvgIpc) is 2.50. The summed E-state index contributed by atoms with van der Waals surface area (Å²) in [5, 5.41) is 11.2. The van der Waals surface area contributed by atoms with Crippen LogP contribution in [-0.4, -0.2) is 15.1 Å². The first-order valence-corrected chi connectivity index (χ1v) is 6.89. The zero-order valence-electron chi connectivity index (χ0n) is 12.3. The Morgan fingerprint density at radius 1 is 1.36 bits per heavy atom. The quantitative estimate of drug-likeness (QED) is 0.704. The number of nitrogens with zero attached hydrogens (tertiary/aromatic N) is 2. The van der Waals surface area contributed by atoms with E-state index in [1.807, 2.05) is 6.92 Å². The average molecular weight is 297 g/mol. The number of fused-ring (bicyclic) bond motifs is 1. The Hall–Kier alpha value is -2.89. The molecule has 2 aromatic heterocycles. The molecule has 0 unspecified atom stereocenters. The monoisotopic (exact) mass is 297 g/mol. The summed E-state index contributed by atoms with van der Waals surface area (Å²) in [5.41, 5.74) is 7.98. The molecule has 0 amide bonds. The highest BCUT2D eigenvalue weighted by Crippen LogP contribution is 2.37. The first kappa shape index (κ1) is 14.1. The van der Waals surface area contributed by atoms with Crippen molar-refractivity contribution in [1.29, 1.82) is 0 Å². The molecule has 3 N–H and O–H groups in total. The molecule has 6 heteroatoms. The molecule has 0 aliphatic carbocycles. The largest absolute Gasteiger partial charge is 0.507 e.